The number of rotatable bonds is 6. The highest BCUT2D eigenvalue weighted by molar-refractivity contribution is 6.18. The second kappa shape index (κ2) is 6.67. The molecule has 0 rings (SSSR count). The zero-order valence-corrected chi connectivity index (χ0v) is 10.4. The Balaban J connectivity index is 3.74. The summed E-state index contributed by atoms with van der Waals surface area (Å²) in [5.41, 5.74) is 0. The molecule has 0 radical (unpaired) electrons. The Kier molecular flexibility index (Phi) is 6.79. The van der Waals surface area contributed by atoms with Gasteiger partial charge in [-0.05, 0) is 32.2 Å². The largest absolute Gasteiger partial charge is 0.303 e. The lowest BCUT2D eigenvalue weighted by atomic mass is 10.0. The van der Waals surface area contributed by atoms with E-state index in [2.05, 4.69) is 39.6 Å². The van der Waals surface area contributed by atoms with E-state index in [0.717, 1.165) is 18.3 Å². The summed E-state index contributed by atoms with van der Waals surface area (Å²) in [7, 11) is 2.19. The average molecular weight is 206 g/mol. The van der Waals surface area contributed by atoms with Gasteiger partial charge in [0, 0.05) is 18.5 Å². The molecule has 0 N–H and O–H groups in total. The highest BCUT2D eigenvalue weighted by Crippen LogP contribution is 2.11. The molecule has 0 aromatic carbocycles. The first kappa shape index (κ1) is 13.2. The van der Waals surface area contributed by atoms with Crippen LogP contribution in [0.3, 0.4) is 0 Å². The van der Waals surface area contributed by atoms with Crippen LogP contribution in [-0.4, -0.2) is 30.4 Å². The van der Waals surface area contributed by atoms with Crippen LogP contribution < -0.4 is 0 Å². The monoisotopic (exact) mass is 205 g/mol. The van der Waals surface area contributed by atoms with Crippen LogP contribution >= 0.6 is 11.6 Å². The van der Waals surface area contributed by atoms with Gasteiger partial charge in [0.05, 0.1) is 0 Å². The maximum atomic E-state index is 5.78. The van der Waals surface area contributed by atoms with E-state index in [4.69, 9.17) is 11.6 Å². The molecule has 0 aromatic rings. The Hall–Kier alpha value is 0.250. The van der Waals surface area contributed by atoms with E-state index >= 15 is 0 Å². The number of alkyl halides is 1. The van der Waals surface area contributed by atoms with Crippen molar-refractivity contribution in [3.05, 3.63) is 0 Å². The van der Waals surface area contributed by atoms with Crippen molar-refractivity contribution in [2.75, 3.05) is 19.5 Å². The number of nitrogens with zero attached hydrogens (tertiary/aromatic N) is 1. The molecule has 0 fully saturated rings. The molecule has 80 valence electrons. The van der Waals surface area contributed by atoms with Crippen molar-refractivity contribution < 1.29 is 0 Å². The van der Waals surface area contributed by atoms with Gasteiger partial charge >= 0.3 is 0 Å². The first-order valence-electron chi connectivity index (χ1n) is 5.23. The molecule has 1 nitrogen and oxygen atoms in total. The summed E-state index contributed by atoms with van der Waals surface area (Å²) in [5.74, 6) is 2.14. The second-order valence-electron chi connectivity index (χ2n) is 4.68. The molecule has 0 aliphatic carbocycles. The fourth-order valence-electron chi connectivity index (χ4n) is 1.58. The lowest BCUT2D eigenvalue weighted by Gasteiger charge is -2.28. The topological polar surface area (TPSA) is 3.24 Å². The van der Waals surface area contributed by atoms with Crippen molar-refractivity contribution in [3.8, 4) is 0 Å². The lowest BCUT2D eigenvalue weighted by Crippen LogP contribution is -2.34. The highest BCUT2D eigenvalue weighted by Gasteiger charge is 2.12. The first-order valence-corrected chi connectivity index (χ1v) is 5.77. The van der Waals surface area contributed by atoms with Gasteiger partial charge in [0.1, 0.15) is 0 Å². The molecule has 0 bridgehead atoms. The summed E-state index contributed by atoms with van der Waals surface area (Å²) in [6.07, 6.45) is 1.27. The summed E-state index contributed by atoms with van der Waals surface area (Å²) >= 11 is 5.78. The summed E-state index contributed by atoms with van der Waals surface area (Å²) in [5, 5.41) is 0. The van der Waals surface area contributed by atoms with E-state index in [-0.39, 0.29) is 0 Å². The van der Waals surface area contributed by atoms with Crippen LogP contribution in [0.4, 0.5) is 0 Å². The van der Waals surface area contributed by atoms with Gasteiger partial charge < -0.3 is 4.90 Å². The lowest BCUT2D eigenvalue weighted by molar-refractivity contribution is 0.207. The molecule has 0 aliphatic heterocycles. The fourth-order valence-corrected chi connectivity index (χ4v) is 1.68. The van der Waals surface area contributed by atoms with Gasteiger partial charge in [0.15, 0.2) is 0 Å². The fraction of sp³-hybridized carbons (Fsp3) is 1.00. The molecule has 0 heterocycles. The minimum Gasteiger partial charge on any atom is -0.303 e. The summed E-state index contributed by atoms with van der Waals surface area (Å²) in [4.78, 5) is 2.41. The first-order chi connectivity index (χ1) is 5.97. The SMILES string of the molecule is CC(C)CC(C)N(C)CC(C)CCl. The predicted molar refractivity (Wildman–Crippen MR) is 61.4 cm³/mol. The number of hydrogen-bond acceptors (Lipinski definition) is 1. The Morgan fingerprint density at radius 1 is 1.15 bits per heavy atom. The van der Waals surface area contributed by atoms with Crippen LogP contribution in [0.1, 0.15) is 34.1 Å². The third-order valence-corrected chi connectivity index (χ3v) is 2.95. The van der Waals surface area contributed by atoms with E-state index < -0.39 is 0 Å². The van der Waals surface area contributed by atoms with Gasteiger partial charge in [-0.3, -0.25) is 0 Å². The number of halogens is 1. The quantitative estimate of drug-likeness (QED) is 0.602. The zero-order valence-electron chi connectivity index (χ0n) is 9.68. The van der Waals surface area contributed by atoms with Crippen molar-refractivity contribution >= 4 is 11.6 Å². The Bertz CT molecular complexity index is 125. The van der Waals surface area contributed by atoms with E-state index in [1.807, 2.05) is 0 Å². The minimum absolute atomic E-state index is 0.598. The normalized spacial score (nSPS) is 16.6. The molecule has 0 spiro atoms. The molecular weight excluding hydrogens is 182 g/mol. The molecule has 0 amide bonds. The van der Waals surface area contributed by atoms with E-state index in [1.165, 1.54) is 6.42 Å². The van der Waals surface area contributed by atoms with Gasteiger partial charge in [0.25, 0.3) is 0 Å². The highest BCUT2D eigenvalue weighted by atomic mass is 35.5. The van der Waals surface area contributed by atoms with Crippen molar-refractivity contribution in [1.82, 2.24) is 4.90 Å². The maximum absolute atomic E-state index is 5.78. The third kappa shape index (κ3) is 6.34. The van der Waals surface area contributed by atoms with Crippen LogP contribution in [-0.2, 0) is 0 Å². The summed E-state index contributed by atoms with van der Waals surface area (Å²) in [6, 6.07) is 0.672. The van der Waals surface area contributed by atoms with Crippen molar-refractivity contribution in [2.45, 2.75) is 40.2 Å². The molecule has 0 aliphatic rings. The average Bonchev–Trinajstić information content (AvgIpc) is 2.02. The Morgan fingerprint density at radius 3 is 2.08 bits per heavy atom. The van der Waals surface area contributed by atoms with Crippen LogP contribution in [0.5, 0.6) is 0 Å². The Labute approximate surface area is 88.5 Å². The predicted octanol–water partition coefficient (Wildman–Crippen LogP) is 3.23. The molecule has 2 atom stereocenters. The van der Waals surface area contributed by atoms with Gasteiger partial charge in [-0.1, -0.05) is 20.8 Å². The third-order valence-electron chi connectivity index (χ3n) is 2.43. The summed E-state index contributed by atoms with van der Waals surface area (Å²) in [6.45, 7) is 10.1. The number of hydrogen-bond donors (Lipinski definition) is 0. The summed E-state index contributed by atoms with van der Waals surface area (Å²) < 4.78 is 0. The van der Waals surface area contributed by atoms with Gasteiger partial charge in [-0.25, -0.2) is 0 Å². The molecular formula is C11H24ClN. The van der Waals surface area contributed by atoms with E-state index in [1.54, 1.807) is 0 Å². The molecule has 2 unspecified atom stereocenters. The smallest absolute Gasteiger partial charge is 0.0261 e. The standard InChI is InChI=1S/C11H24ClN/c1-9(2)6-11(4)13(5)8-10(3)7-12/h9-11H,6-8H2,1-5H3. The minimum atomic E-state index is 0.598. The maximum Gasteiger partial charge on any atom is 0.0261 e. The molecule has 0 saturated heterocycles. The van der Waals surface area contributed by atoms with E-state index in [9.17, 15) is 0 Å². The van der Waals surface area contributed by atoms with Crippen LogP contribution in [0.25, 0.3) is 0 Å². The zero-order chi connectivity index (χ0) is 10.4. The van der Waals surface area contributed by atoms with Gasteiger partial charge in [-0.2, -0.15) is 0 Å². The van der Waals surface area contributed by atoms with Gasteiger partial charge in [0.2, 0.25) is 0 Å². The van der Waals surface area contributed by atoms with E-state index in [0.29, 0.717) is 12.0 Å². The van der Waals surface area contributed by atoms with Crippen LogP contribution in [0.2, 0.25) is 0 Å². The Morgan fingerprint density at radius 2 is 1.69 bits per heavy atom. The van der Waals surface area contributed by atoms with Crippen LogP contribution in [0.15, 0.2) is 0 Å². The molecule has 0 aromatic heterocycles. The van der Waals surface area contributed by atoms with Gasteiger partial charge in [-0.15, -0.1) is 11.6 Å². The van der Waals surface area contributed by atoms with Crippen LogP contribution in [0, 0.1) is 11.8 Å². The van der Waals surface area contributed by atoms with Crippen molar-refractivity contribution in [1.29, 1.82) is 0 Å². The van der Waals surface area contributed by atoms with Crippen molar-refractivity contribution in [2.24, 2.45) is 11.8 Å². The second-order valence-corrected chi connectivity index (χ2v) is 4.99. The molecule has 13 heavy (non-hydrogen) atoms. The van der Waals surface area contributed by atoms with Crippen molar-refractivity contribution in [3.63, 3.8) is 0 Å². The molecule has 0 saturated carbocycles. The molecule has 2 heteroatoms.